The van der Waals surface area contributed by atoms with Gasteiger partial charge in [0.15, 0.2) is 0 Å². The fourth-order valence-electron chi connectivity index (χ4n) is 3.66. The van der Waals surface area contributed by atoms with E-state index in [1.54, 1.807) is 6.07 Å². The van der Waals surface area contributed by atoms with E-state index in [2.05, 4.69) is 21.0 Å². The van der Waals surface area contributed by atoms with Crippen LogP contribution in [0.15, 0.2) is 48.7 Å². The number of hydrogen-bond acceptors (Lipinski definition) is 6. The molecule has 3 aromatic rings. The van der Waals surface area contributed by atoms with E-state index < -0.39 is 0 Å². The van der Waals surface area contributed by atoms with Crippen LogP contribution in [0.4, 0.5) is 5.69 Å². The van der Waals surface area contributed by atoms with Crippen molar-refractivity contribution in [3.63, 3.8) is 0 Å². The number of anilines is 1. The van der Waals surface area contributed by atoms with Crippen LogP contribution in [0.2, 0.25) is 5.02 Å². The zero-order valence-corrected chi connectivity index (χ0v) is 18.5. The second kappa shape index (κ2) is 9.64. The molecule has 0 radical (unpaired) electrons. The average Bonchev–Trinajstić information content (AvgIpc) is 3.43. The Morgan fingerprint density at radius 3 is 2.73 bits per heavy atom. The number of rotatable bonds is 7. The molecular weight excluding hydrogens is 420 g/mol. The SMILES string of the molecule is COC(=O)c1ccc(-c2ccn(CCCN3CCN(c4cccc(Cl)c4)CC3)n2)s1. The minimum absolute atomic E-state index is 0.304. The number of hydrogen-bond donors (Lipinski definition) is 0. The largest absolute Gasteiger partial charge is 0.465 e. The van der Waals surface area contributed by atoms with Crippen LogP contribution >= 0.6 is 22.9 Å². The standard InChI is InChI=1S/C22H25ClN4O2S/c1-29-22(28)21-7-6-20(30-21)19-8-11-27(24-19)10-3-9-25-12-14-26(15-13-25)18-5-2-4-17(23)16-18/h2,4-8,11,16H,3,9-10,12-15H2,1H3. The number of esters is 1. The lowest BCUT2D eigenvalue weighted by Crippen LogP contribution is -2.46. The monoisotopic (exact) mass is 444 g/mol. The summed E-state index contributed by atoms with van der Waals surface area (Å²) in [5.74, 6) is -0.304. The van der Waals surface area contributed by atoms with Crippen LogP contribution in [0, 0.1) is 0 Å². The highest BCUT2D eigenvalue weighted by molar-refractivity contribution is 7.17. The molecule has 0 bridgehead atoms. The Kier molecular flexibility index (Phi) is 6.72. The Morgan fingerprint density at radius 1 is 1.13 bits per heavy atom. The molecule has 3 heterocycles. The summed E-state index contributed by atoms with van der Waals surface area (Å²) in [5.41, 5.74) is 2.10. The summed E-state index contributed by atoms with van der Waals surface area (Å²) in [6.07, 6.45) is 3.06. The number of carbonyl (C=O) groups excluding carboxylic acids is 1. The van der Waals surface area contributed by atoms with E-state index in [9.17, 15) is 4.79 Å². The minimum Gasteiger partial charge on any atom is -0.465 e. The van der Waals surface area contributed by atoms with Crippen LogP contribution < -0.4 is 4.90 Å². The Balaban J connectivity index is 1.23. The van der Waals surface area contributed by atoms with Crippen LogP contribution in [0.5, 0.6) is 0 Å². The highest BCUT2D eigenvalue weighted by Crippen LogP contribution is 2.27. The molecule has 0 saturated carbocycles. The van der Waals surface area contributed by atoms with Gasteiger partial charge in [-0.2, -0.15) is 5.10 Å². The van der Waals surface area contributed by atoms with Gasteiger partial charge in [0.2, 0.25) is 0 Å². The van der Waals surface area contributed by atoms with Gasteiger partial charge in [-0.15, -0.1) is 11.3 Å². The zero-order chi connectivity index (χ0) is 20.9. The summed E-state index contributed by atoms with van der Waals surface area (Å²) >= 11 is 7.52. The van der Waals surface area contributed by atoms with E-state index in [1.165, 1.54) is 24.1 Å². The quantitative estimate of drug-likeness (QED) is 0.509. The van der Waals surface area contributed by atoms with Crippen molar-refractivity contribution in [3.8, 4) is 10.6 Å². The molecule has 0 aliphatic carbocycles. The molecule has 6 nitrogen and oxygen atoms in total. The van der Waals surface area contributed by atoms with Crippen LogP contribution in [0.3, 0.4) is 0 Å². The molecule has 158 valence electrons. The minimum atomic E-state index is -0.304. The van der Waals surface area contributed by atoms with Crippen molar-refractivity contribution in [2.24, 2.45) is 0 Å². The predicted molar refractivity (Wildman–Crippen MR) is 122 cm³/mol. The van der Waals surface area contributed by atoms with Gasteiger partial charge >= 0.3 is 5.97 Å². The van der Waals surface area contributed by atoms with E-state index in [0.717, 1.165) is 61.3 Å². The van der Waals surface area contributed by atoms with Crippen molar-refractivity contribution in [2.75, 3.05) is 44.7 Å². The number of aryl methyl sites for hydroxylation is 1. The number of thiophene rings is 1. The third kappa shape index (κ3) is 5.03. The van der Waals surface area contributed by atoms with Gasteiger partial charge in [-0.05, 0) is 42.8 Å². The van der Waals surface area contributed by atoms with Gasteiger partial charge in [0.1, 0.15) is 10.6 Å². The zero-order valence-electron chi connectivity index (χ0n) is 17.0. The molecule has 0 amide bonds. The maximum absolute atomic E-state index is 11.6. The molecular formula is C22H25ClN4O2S. The van der Waals surface area contributed by atoms with Crippen molar-refractivity contribution in [1.82, 2.24) is 14.7 Å². The first-order valence-electron chi connectivity index (χ1n) is 10.1. The molecule has 1 aromatic carbocycles. The normalized spacial score (nSPS) is 14.8. The molecule has 0 spiro atoms. The van der Waals surface area contributed by atoms with Gasteiger partial charge in [0, 0.05) is 56.2 Å². The van der Waals surface area contributed by atoms with E-state index in [4.69, 9.17) is 16.3 Å². The second-order valence-corrected chi connectivity index (χ2v) is 8.80. The molecule has 1 fully saturated rings. The molecule has 4 rings (SSSR count). The topological polar surface area (TPSA) is 50.6 Å². The summed E-state index contributed by atoms with van der Waals surface area (Å²) < 4.78 is 6.75. The first-order chi connectivity index (χ1) is 14.6. The number of nitrogens with zero attached hydrogens (tertiary/aromatic N) is 4. The van der Waals surface area contributed by atoms with Crippen LogP contribution in [0.1, 0.15) is 16.1 Å². The number of piperazine rings is 1. The first-order valence-corrected chi connectivity index (χ1v) is 11.3. The van der Waals surface area contributed by atoms with E-state index in [0.29, 0.717) is 4.88 Å². The van der Waals surface area contributed by atoms with Gasteiger partial charge in [0.25, 0.3) is 0 Å². The van der Waals surface area contributed by atoms with Gasteiger partial charge in [-0.1, -0.05) is 17.7 Å². The smallest absolute Gasteiger partial charge is 0.348 e. The third-order valence-electron chi connectivity index (χ3n) is 5.29. The molecule has 8 heteroatoms. The first kappa shape index (κ1) is 20.9. The van der Waals surface area contributed by atoms with Gasteiger partial charge in [0.05, 0.1) is 12.0 Å². The van der Waals surface area contributed by atoms with Crippen LogP contribution in [-0.4, -0.2) is 60.5 Å². The van der Waals surface area contributed by atoms with E-state index in [1.807, 2.05) is 41.2 Å². The number of methoxy groups -OCH3 is 1. The second-order valence-electron chi connectivity index (χ2n) is 7.28. The van der Waals surface area contributed by atoms with E-state index in [-0.39, 0.29) is 5.97 Å². The number of benzene rings is 1. The summed E-state index contributed by atoms with van der Waals surface area (Å²) in [5, 5.41) is 5.45. The summed E-state index contributed by atoms with van der Waals surface area (Å²) in [6, 6.07) is 13.8. The van der Waals surface area contributed by atoms with Crippen LogP contribution in [0.25, 0.3) is 10.6 Å². The number of carbonyl (C=O) groups is 1. The van der Waals surface area contributed by atoms with E-state index >= 15 is 0 Å². The van der Waals surface area contributed by atoms with Crippen molar-refractivity contribution < 1.29 is 9.53 Å². The third-order valence-corrected chi connectivity index (χ3v) is 6.62. The van der Waals surface area contributed by atoms with Crippen LogP contribution in [-0.2, 0) is 11.3 Å². The van der Waals surface area contributed by atoms with Crippen molar-refractivity contribution in [1.29, 1.82) is 0 Å². The lowest BCUT2D eigenvalue weighted by Gasteiger charge is -2.36. The van der Waals surface area contributed by atoms with Gasteiger partial charge in [-0.25, -0.2) is 4.79 Å². The summed E-state index contributed by atoms with van der Waals surface area (Å²) in [6.45, 7) is 6.10. The van der Waals surface area contributed by atoms with Crippen molar-refractivity contribution in [2.45, 2.75) is 13.0 Å². The fourth-order valence-corrected chi connectivity index (χ4v) is 4.74. The molecule has 0 unspecified atom stereocenters. The summed E-state index contributed by atoms with van der Waals surface area (Å²) in [4.78, 5) is 18.1. The molecule has 1 aliphatic heterocycles. The Hall–Kier alpha value is -2.35. The van der Waals surface area contributed by atoms with Gasteiger partial charge < -0.3 is 9.64 Å². The number of aromatic nitrogens is 2. The average molecular weight is 445 g/mol. The van der Waals surface area contributed by atoms with Crippen molar-refractivity contribution >= 4 is 34.6 Å². The molecule has 30 heavy (non-hydrogen) atoms. The molecule has 1 saturated heterocycles. The van der Waals surface area contributed by atoms with Crippen molar-refractivity contribution in [3.05, 3.63) is 58.6 Å². The molecule has 0 N–H and O–H groups in total. The molecule has 1 aliphatic rings. The fraction of sp³-hybridized carbons (Fsp3) is 0.364. The molecule has 2 aromatic heterocycles. The maximum Gasteiger partial charge on any atom is 0.348 e. The number of halogens is 1. The van der Waals surface area contributed by atoms with Gasteiger partial charge in [-0.3, -0.25) is 9.58 Å². The Morgan fingerprint density at radius 2 is 1.97 bits per heavy atom. The highest BCUT2D eigenvalue weighted by atomic mass is 35.5. The highest BCUT2D eigenvalue weighted by Gasteiger charge is 2.17. The lowest BCUT2D eigenvalue weighted by molar-refractivity contribution is 0.0606. The maximum atomic E-state index is 11.6. The Bertz CT molecular complexity index is 994. The number of ether oxygens (including phenoxy) is 1. The molecule has 0 atom stereocenters. The lowest BCUT2D eigenvalue weighted by atomic mass is 10.2. The predicted octanol–water partition coefficient (Wildman–Crippen LogP) is 4.26. The summed E-state index contributed by atoms with van der Waals surface area (Å²) in [7, 11) is 1.40. The Labute approximate surface area is 185 Å².